The Balaban J connectivity index is 2.18. The van der Waals surface area contributed by atoms with Crippen LogP contribution in [0.1, 0.15) is 19.3 Å². The molecule has 0 bridgehead atoms. The molecule has 0 aliphatic heterocycles. The van der Waals surface area contributed by atoms with Crippen molar-refractivity contribution in [2.24, 2.45) is 0 Å². The van der Waals surface area contributed by atoms with E-state index in [9.17, 15) is 8.42 Å². The molecule has 1 aromatic rings. The number of nitrogens with zero attached hydrogens (tertiary/aromatic N) is 1. The topological polar surface area (TPSA) is 95.1 Å². The minimum Gasteiger partial charge on any atom is -0.394 e. The van der Waals surface area contributed by atoms with Gasteiger partial charge in [-0.05, 0) is 19.3 Å². The third-order valence-corrected chi connectivity index (χ3v) is 4.29. The molecule has 15 heavy (non-hydrogen) atoms. The number of aliphatic hydroxyl groups excluding tert-OH is 1. The molecule has 0 saturated heterocycles. The number of sulfonamides is 1. The van der Waals surface area contributed by atoms with Gasteiger partial charge in [-0.15, -0.1) is 0 Å². The Bertz CT molecular complexity index is 416. The Morgan fingerprint density at radius 3 is 2.73 bits per heavy atom. The van der Waals surface area contributed by atoms with Gasteiger partial charge in [-0.2, -0.15) is 5.10 Å². The summed E-state index contributed by atoms with van der Waals surface area (Å²) in [4.78, 5) is 0.0993. The highest BCUT2D eigenvalue weighted by Gasteiger charge is 2.40. The van der Waals surface area contributed by atoms with Crippen molar-refractivity contribution >= 4 is 10.0 Å². The number of rotatable bonds is 4. The lowest BCUT2D eigenvalue weighted by Gasteiger charge is -2.40. The van der Waals surface area contributed by atoms with Crippen LogP contribution in [0.5, 0.6) is 0 Å². The van der Waals surface area contributed by atoms with E-state index in [0.717, 1.165) is 6.42 Å². The molecule has 6 nitrogen and oxygen atoms in total. The molecule has 1 fully saturated rings. The van der Waals surface area contributed by atoms with Gasteiger partial charge in [-0.1, -0.05) is 0 Å². The highest BCUT2D eigenvalue weighted by Crippen LogP contribution is 2.32. The molecular formula is C8H13N3O3S. The number of aliphatic hydroxyl groups is 1. The SMILES string of the molecule is O=S(=O)(NC1(CO)CCC1)c1cn[nH]c1. The van der Waals surface area contributed by atoms with Crippen molar-refractivity contribution in [2.75, 3.05) is 6.61 Å². The summed E-state index contributed by atoms with van der Waals surface area (Å²) >= 11 is 0. The summed E-state index contributed by atoms with van der Waals surface area (Å²) in [5.74, 6) is 0. The first-order valence-corrected chi connectivity index (χ1v) is 6.20. The molecule has 1 heterocycles. The smallest absolute Gasteiger partial charge is 0.244 e. The number of aromatic amines is 1. The fourth-order valence-electron chi connectivity index (χ4n) is 1.63. The third-order valence-electron chi connectivity index (χ3n) is 2.75. The molecule has 1 aliphatic carbocycles. The summed E-state index contributed by atoms with van der Waals surface area (Å²) in [5.41, 5.74) is -0.657. The molecule has 0 spiro atoms. The van der Waals surface area contributed by atoms with Crippen LogP contribution >= 0.6 is 0 Å². The highest BCUT2D eigenvalue weighted by molar-refractivity contribution is 7.89. The first-order valence-electron chi connectivity index (χ1n) is 4.72. The van der Waals surface area contributed by atoms with Gasteiger partial charge < -0.3 is 5.11 Å². The molecule has 0 amide bonds. The minimum atomic E-state index is -3.55. The monoisotopic (exact) mass is 231 g/mol. The molecule has 0 aromatic carbocycles. The maximum Gasteiger partial charge on any atom is 0.244 e. The second kappa shape index (κ2) is 3.58. The van der Waals surface area contributed by atoms with E-state index in [-0.39, 0.29) is 11.5 Å². The number of hydrogen-bond donors (Lipinski definition) is 3. The van der Waals surface area contributed by atoms with Gasteiger partial charge in [0.25, 0.3) is 0 Å². The minimum absolute atomic E-state index is 0.0993. The predicted octanol–water partition coefficient (Wildman–Crippen LogP) is -0.397. The quantitative estimate of drug-likeness (QED) is 0.657. The summed E-state index contributed by atoms with van der Waals surface area (Å²) < 4.78 is 26.1. The molecule has 0 atom stereocenters. The highest BCUT2D eigenvalue weighted by atomic mass is 32.2. The molecule has 1 aliphatic rings. The van der Waals surface area contributed by atoms with E-state index < -0.39 is 15.6 Å². The first-order chi connectivity index (χ1) is 7.08. The zero-order chi connectivity index (χ0) is 10.9. The fraction of sp³-hybridized carbons (Fsp3) is 0.625. The maximum atomic E-state index is 11.8. The van der Waals surface area contributed by atoms with E-state index >= 15 is 0 Å². The van der Waals surface area contributed by atoms with E-state index in [1.807, 2.05) is 0 Å². The third kappa shape index (κ3) is 1.90. The standard InChI is InChI=1S/C8H13N3O3S/c12-6-8(2-1-3-8)11-15(13,14)7-4-9-10-5-7/h4-5,11-12H,1-3,6H2,(H,9,10). The van der Waals surface area contributed by atoms with Crippen molar-refractivity contribution in [3.63, 3.8) is 0 Å². The zero-order valence-electron chi connectivity index (χ0n) is 8.10. The van der Waals surface area contributed by atoms with Gasteiger partial charge in [-0.3, -0.25) is 5.10 Å². The van der Waals surface area contributed by atoms with Crippen LogP contribution in [0, 0.1) is 0 Å². The number of aromatic nitrogens is 2. The molecule has 84 valence electrons. The lowest BCUT2D eigenvalue weighted by molar-refractivity contribution is 0.110. The van der Waals surface area contributed by atoms with Crippen LogP contribution < -0.4 is 4.72 Å². The Hall–Kier alpha value is -0.920. The predicted molar refractivity (Wildman–Crippen MR) is 52.6 cm³/mol. The average molecular weight is 231 g/mol. The lowest BCUT2D eigenvalue weighted by atomic mass is 9.78. The van der Waals surface area contributed by atoms with E-state index in [0.29, 0.717) is 12.8 Å². The van der Waals surface area contributed by atoms with Gasteiger partial charge in [0.2, 0.25) is 10.0 Å². The van der Waals surface area contributed by atoms with Crippen molar-refractivity contribution in [3.8, 4) is 0 Å². The van der Waals surface area contributed by atoms with Crippen LogP contribution in [-0.4, -0.2) is 35.9 Å². The van der Waals surface area contributed by atoms with Gasteiger partial charge in [0, 0.05) is 6.20 Å². The van der Waals surface area contributed by atoms with E-state index in [2.05, 4.69) is 14.9 Å². The van der Waals surface area contributed by atoms with Gasteiger partial charge >= 0.3 is 0 Å². The summed E-state index contributed by atoms with van der Waals surface area (Å²) in [6.45, 7) is -0.163. The lowest BCUT2D eigenvalue weighted by Crippen LogP contribution is -2.55. The molecule has 0 unspecified atom stereocenters. The number of H-pyrrole nitrogens is 1. The molecule has 1 aromatic heterocycles. The second-order valence-corrected chi connectivity index (χ2v) is 5.51. The first kappa shape index (κ1) is 10.6. The van der Waals surface area contributed by atoms with E-state index in [1.54, 1.807) is 0 Å². The molecule has 1 saturated carbocycles. The largest absolute Gasteiger partial charge is 0.394 e. The van der Waals surface area contributed by atoms with Crippen LogP contribution in [0.3, 0.4) is 0 Å². The average Bonchev–Trinajstić information content (AvgIpc) is 2.64. The second-order valence-electron chi connectivity index (χ2n) is 3.83. The van der Waals surface area contributed by atoms with Crippen molar-refractivity contribution in [3.05, 3.63) is 12.4 Å². The van der Waals surface area contributed by atoms with E-state index in [4.69, 9.17) is 5.11 Å². The van der Waals surface area contributed by atoms with Crippen LogP contribution in [0.4, 0.5) is 0 Å². The Morgan fingerprint density at radius 2 is 2.33 bits per heavy atom. The Morgan fingerprint density at radius 1 is 1.60 bits per heavy atom. The Kier molecular flexibility index (Phi) is 2.53. The zero-order valence-corrected chi connectivity index (χ0v) is 8.92. The Labute approximate surface area is 87.8 Å². The number of hydrogen-bond acceptors (Lipinski definition) is 4. The normalized spacial score (nSPS) is 19.8. The molecule has 0 radical (unpaired) electrons. The summed E-state index contributed by atoms with van der Waals surface area (Å²) in [6.07, 6.45) is 4.85. The van der Waals surface area contributed by atoms with Crippen molar-refractivity contribution in [2.45, 2.75) is 29.7 Å². The maximum absolute atomic E-state index is 11.8. The molecule has 3 N–H and O–H groups in total. The van der Waals surface area contributed by atoms with Gasteiger partial charge in [-0.25, -0.2) is 13.1 Å². The molecular weight excluding hydrogens is 218 g/mol. The van der Waals surface area contributed by atoms with Crippen molar-refractivity contribution < 1.29 is 13.5 Å². The van der Waals surface area contributed by atoms with Crippen molar-refractivity contribution in [1.82, 2.24) is 14.9 Å². The van der Waals surface area contributed by atoms with E-state index in [1.165, 1.54) is 12.4 Å². The fourth-order valence-corrected chi connectivity index (χ4v) is 2.98. The van der Waals surface area contributed by atoms with Crippen LogP contribution in [0.2, 0.25) is 0 Å². The van der Waals surface area contributed by atoms with Gasteiger partial charge in [0.1, 0.15) is 4.90 Å². The molecule has 7 heteroatoms. The number of nitrogens with one attached hydrogen (secondary N) is 2. The summed E-state index contributed by atoms with van der Waals surface area (Å²) in [5, 5.41) is 15.2. The summed E-state index contributed by atoms with van der Waals surface area (Å²) in [6, 6.07) is 0. The summed E-state index contributed by atoms with van der Waals surface area (Å²) in [7, 11) is -3.55. The van der Waals surface area contributed by atoms with Gasteiger partial charge in [0.15, 0.2) is 0 Å². The van der Waals surface area contributed by atoms with Crippen molar-refractivity contribution in [1.29, 1.82) is 0 Å². The van der Waals surface area contributed by atoms with Crippen LogP contribution in [-0.2, 0) is 10.0 Å². The van der Waals surface area contributed by atoms with Crippen LogP contribution in [0.25, 0.3) is 0 Å². The van der Waals surface area contributed by atoms with Crippen LogP contribution in [0.15, 0.2) is 17.3 Å². The van der Waals surface area contributed by atoms with Gasteiger partial charge in [0.05, 0.1) is 18.3 Å². The molecule has 2 rings (SSSR count).